The number of aromatic nitrogens is 1. The minimum atomic E-state index is 0.547. The Kier molecular flexibility index (Phi) is 7.81. The molecule has 0 saturated carbocycles. The van der Waals surface area contributed by atoms with Crippen LogP contribution in [0.15, 0.2) is 46.6 Å². The van der Waals surface area contributed by atoms with Crippen LogP contribution in [0.2, 0.25) is 0 Å². The zero-order chi connectivity index (χ0) is 21.3. The van der Waals surface area contributed by atoms with Crippen LogP contribution >= 0.6 is 0 Å². The minimum absolute atomic E-state index is 0.547. The van der Waals surface area contributed by atoms with E-state index in [-0.39, 0.29) is 0 Å². The highest BCUT2D eigenvalue weighted by atomic mass is 16.5. The van der Waals surface area contributed by atoms with Crippen LogP contribution in [0.1, 0.15) is 11.1 Å². The Balaban J connectivity index is 1.43. The molecule has 1 aromatic heterocycles. The number of benzene rings is 1. The summed E-state index contributed by atoms with van der Waals surface area (Å²) < 4.78 is 10.9. The lowest BCUT2D eigenvalue weighted by atomic mass is 10.1. The van der Waals surface area contributed by atoms with E-state index in [1.807, 2.05) is 12.1 Å². The number of ether oxygens (including phenoxy) is 2. The maximum atomic E-state index is 5.49. The first-order valence-corrected chi connectivity index (χ1v) is 11.1. The molecule has 2 aliphatic heterocycles. The van der Waals surface area contributed by atoms with Gasteiger partial charge in [0.05, 0.1) is 33.0 Å². The molecule has 31 heavy (non-hydrogen) atoms. The number of nitrogens with one attached hydrogen (secondary N) is 1. The van der Waals surface area contributed by atoms with Crippen LogP contribution in [0, 0.1) is 6.92 Å². The van der Waals surface area contributed by atoms with Gasteiger partial charge in [-0.2, -0.15) is 5.11 Å². The molecule has 2 aromatic rings. The van der Waals surface area contributed by atoms with Gasteiger partial charge in [0.1, 0.15) is 5.82 Å². The van der Waals surface area contributed by atoms with Crippen molar-refractivity contribution in [2.24, 2.45) is 10.2 Å². The number of nitrogens with zero attached hydrogens (tertiary/aromatic N) is 5. The summed E-state index contributed by atoms with van der Waals surface area (Å²) in [6.45, 7) is 11.2. The van der Waals surface area contributed by atoms with Crippen molar-refractivity contribution in [2.45, 2.75) is 13.5 Å². The second-order valence-corrected chi connectivity index (χ2v) is 7.94. The summed E-state index contributed by atoms with van der Waals surface area (Å²) in [6, 6.07) is 12.4. The van der Waals surface area contributed by atoms with E-state index in [0.29, 0.717) is 12.4 Å². The van der Waals surface area contributed by atoms with Crippen LogP contribution in [-0.2, 0) is 16.0 Å². The standard InChI is InChI=1S/C23H32N6O2/c1-19-3-2-4-20(15-19)18-25-27-22-16-21(24-5-6-28-7-11-30-12-8-28)17-23(26-22)29-9-13-31-14-10-29/h2-4,15-17H,5-14,18H2,1H3,(H,24,26). The molecule has 2 saturated heterocycles. The summed E-state index contributed by atoms with van der Waals surface area (Å²) in [5.74, 6) is 1.55. The number of pyridine rings is 1. The van der Waals surface area contributed by atoms with Crippen molar-refractivity contribution in [3.8, 4) is 0 Å². The molecule has 0 radical (unpaired) electrons. The molecule has 0 spiro atoms. The molecule has 0 bridgehead atoms. The van der Waals surface area contributed by atoms with Crippen molar-refractivity contribution < 1.29 is 9.47 Å². The van der Waals surface area contributed by atoms with E-state index in [9.17, 15) is 0 Å². The fourth-order valence-electron chi connectivity index (χ4n) is 3.79. The van der Waals surface area contributed by atoms with E-state index in [1.54, 1.807) is 0 Å². The molecule has 1 N–H and O–H groups in total. The average molecular weight is 425 g/mol. The molecule has 166 valence electrons. The van der Waals surface area contributed by atoms with E-state index >= 15 is 0 Å². The number of aryl methyl sites for hydroxylation is 1. The van der Waals surface area contributed by atoms with Gasteiger partial charge in [-0.05, 0) is 12.5 Å². The van der Waals surface area contributed by atoms with Crippen LogP contribution in [0.4, 0.5) is 17.3 Å². The lowest BCUT2D eigenvalue weighted by molar-refractivity contribution is 0.0398. The molecule has 0 amide bonds. The van der Waals surface area contributed by atoms with Crippen molar-refractivity contribution in [3.05, 3.63) is 47.5 Å². The lowest BCUT2D eigenvalue weighted by Gasteiger charge is -2.28. The molecule has 3 heterocycles. The zero-order valence-electron chi connectivity index (χ0n) is 18.3. The Hall–Kier alpha value is -2.55. The molecule has 0 aliphatic carbocycles. The summed E-state index contributed by atoms with van der Waals surface area (Å²) in [6.07, 6.45) is 0. The Labute approximate surface area is 184 Å². The largest absolute Gasteiger partial charge is 0.384 e. The molecule has 2 fully saturated rings. The van der Waals surface area contributed by atoms with Crippen LogP contribution < -0.4 is 10.2 Å². The molecule has 8 heteroatoms. The first-order valence-electron chi connectivity index (χ1n) is 11.1. The van der Waals surface area contributed by atoms with Gasteiger partial charge in [-0.25, -0.2) is 4.98 Å². The van der Waals surface area contributed by atoms with Gasteiger partial charge >= 0.3 is 0 Å². The van der Waals surface area contributed by atoms with Gasteiger partial charge in [-0.15, -0.1) is 5.11 Å². The lowest BCUT2D eigenvalue weighted by Crippen LogP contribution is -2.39. The summed E-state index contributed by atoms with van der Waals surface area (Å²) in [5.41, 5.74) is 3.40. The molecule has 4 rings (SSSR count). The van der Waals surface area contributed by atoms with Gasteiger partial charge in [-0.3, -0.25) is 4.90 Å². The Bertz CT molecular complexity index is 863. The molecule has 8 nitrogen and oxygen atoms in total. The average Bonchev–Trinajstić information content (AvgIpc) is 2.80. The third kappa shape index (κ3) is 6.72. The van der Waals surface area contributed by atoms with Crippen LogP contribution in [0.5, 0.6) is 0 Å². The van der Waals surface area contributed by atoms with Crippen molar-refractivity contribution in [1.29, 1.82) is 0 Å². The number of hydrogen-bond acceptors (Lipinski definition) is 8. The summed E-state index contributed by atoms with van der Waals surface area (Å²) >= 11 is 0. The second-order valence-electron chi connectivity index (χ2n) is 7.94. The molecule has 1 aromatic carbocycles. The van der Waals surface area contributed by atoms with E-state index < -0.39 is 0 Å². The van der Waals surface area contributed by atoms with Gasteiger partial charge in [0.25, 0.3) is 0 Å². The number of azo groups is 1. The quantitative estimate of drug-likeness (QED) is 0.656. The molecule has 2 aliphatic rings. The fraction of sp³-hybridized carbons (Fsp3) is 0.522. The van der Waals surface area contributed by atoms with Crippen LogP contribution in [0.25, 0.3) is 0 Å². The Morgan fingerprint density at radius 3 is 2.55 bits per heavy atom. The Morgan fingerprint density at radius 2 is 1.77 bits per heavy atom. The number of rotatable bonds is 8. The highest BCUT2D eigenvalue weighted by Crippen LogP contribution is 2.24. The summed E-state index contributed by atoms with van der Waals surface area (Å²) in [4.78, 5) is 9.41. The topological polar surface area (TPSA) is 74.6 Å². The molecular formula is C23H32N6O2. The van der Waals surface area contributed by atoms with Gasteiger partial charge in [0, 0.05) is 57.1 Å². The third-order valence-electron chi connectivity index (χ3n) is 5.50. The normalized spacial score (nSPS) is 17.9. The Morgan fingerprint density at radius 1 is 1.00 bits per heavy atom. The van der Waals surface area contributed by atoms with E-state index in [4.69, 9.17) is 14.5 Å². The first-order chi connectivity index (χ1) is 15.3. The highest BCUT2D eigenvalue weighted by Gasteiger charge is 2.15. The SMILES string of the molecule is Cc1cccc(CN=Nc2cc(NCCN3CCOCC3)cc(N3CCOCC3)n2)c1. The molecule has 0 unspecified atom stereocenters. The van der Waals surface area contributed by atoms with Crippen LogP contribution in [-0.4, -0.2) is 75.6 Å². The number of anilines is 2. The van der Waals surface area contributed by atoms with Crippen molar-refractivity contribution in [2.75, 3.05) is 75.9 Å². The van der Waals surface area contributed by atoms with Gasteiger partial charge in [-0.1, -0.05) is 29.8 Å². The van der Waals surface area contributed by atoms with E-state index in [2.05, 4.69) is 56.5 Å². The van der Waals surface area contributed by atoms with E-state index in [1.165, 1.54) is 5.56 Å². The first kappa shape index (κ1) is 21.7. The van der Waals surface area contributed by atoms with Crippen molar-refractivity contribution in [1.82, 2.24) is 9.88 Å². The summed E-state index contributed by atoms with van der Waals surface area (Å²) in [7, 11) is 0. The zero-order valence-corrected chi connectivity index (χ0v) is 18.3. The van der Waals surface area contributed by atoms with Crippen molar-refractivity contribution >= 4 is 17.3 Å². The smallest absolute Gasteiger partial charge is 0.178 e. The van der Waals surface area contributed by atoms with Gasteiger partial charge in [0.2, 0.25) is 0 Å². The van der Waals surface area contributed by atoms with Crippen molar-refractivity contribution in [3.63, 3.8) is 0 Å². The number of hydrogen-bond donors (Lipinski definition) is 1. The fourth-order valence-corrected chi connectivity index (χ4v) is 3.79. The second kappa shape index (κ2) is 11.2. The molecule has 0 atom stereocenters. The van der Waals surface area contributed by atoms with Gasteiger partial charge in [0.15, 0.2) is 5.82 Å². The third-order valence-corrected chi connectivity index (χ3v) is 5.50. The predicted octanol–water partition coefficient (Wildman–Crippen LogP) is 3.25. The molecular weight excluding hydrogens is 392 g/mol. The minimum Gasteiger partial charge on any atom is -0.384 e. The predicted molar refractivity (Wildman–Crippen MR) is 122 cm³/mol. The van der Waals surface area contributed by atoms with Gasteiger partial charge < -0.3 is 19.7 Å². The highest BCUT2D eigenvalue weighted by molar-refractivity contribution is 5.59. The monoisotopic (exact) mass is 424 g/mol. The maximum absolute atomic E-state index is 5.49. The maximum Gasteiger partial charge on any atom is 0.178 e. The summed E-state index contributed by atoms with van der Waals surface area (Å²) in [5, 5.41) is 12.4. The van der Waals surface area contributed by atoms with E-state index in [0.717, 1.165) is 82.8 Å². The number of morpholine rings is 2. The van der Waals surface area contributed by atoms with Crippen LogP contribution in [0.3, 0.4) is 0 Å².